The van der Waals surface area contributed by atoms with E-state index in [4.69, 9.17) is 5.11 Å². The Morgan fingerprint density at radius 1 is 1.50 bits per heavy atom. The van der Waals surface area contributed by atoms with E-state index in [0.29, 0.717) is 13.1 Å². The van der Waals surface area contributed by atoms with Gasteiger partial charge in [-0.15, -0.1) is 6.58 Å². The van der Waals surface area contributed by atoms with Gasteiger partial charge in [0.15, 0.2) is 0 Å². The number of hydrogen-bond acceptors (Lipinski definition) is 4. The van der Waals surface area contributed by atoms with Crippen LogP contribution in [0.25, 0.3) is 0 Å². The highest BCUT2D eigenvalue weighted by Crippen LogP contribution is 2.12. The van der Waals surface area contributed by atoms with Crippen LogP contribution in [0, 0.1) is 6.92 Å². The van der Waals surface area contributed by atoms with Gasteiger partial charge < -0.3 is 10.0 Å². The minimum absolute atomic E-state index is 0.109. The molecule has 0 atom stereocenters. The highest BCUT2D eigenvalue weighted by molar-refractivity contribution is 5.40. The van der Waals surface area contributed by atoms with Gasteiger partial charge in [0, 0.05) is 24.8 Å². The first-order valence-electron chi connectivity index (χ1n) is 5.52. The predicted octanol–water partition coefficient (Wildman–Crippen LogP) is 1.33. The highest BCUT2D eigenvalue weighted by Gasteiger charge is 2.08. The molecule has 0 amide bonds. The Morgan fingerprint density at radius 2 is 2.25 bits per heavy atom. The third-order valence-electron chi connectivity index (χ3n) is 2.28. The SMILES string of the molecule is C=CCN(CCO)c1cc(CC)nc(C)n1. The van der Waals surface area contributed by atoms with Gasteiger partial charge in [0.1, 0.15) is 11.6 Å². The number of aromatic nitrogens is 2. The average molecular weight is 221 g/mol. The van der Waals surface area contributed by atoms with E-state index in [-0.39, 0.29) is 6.61 Å². The van der Waals surface area contributed by atoms with E-state index in [1.54, 1.807) is 6.08 Å². The standard InChI is InChI=1S/C12H19N3O/c1-4-6-15(7-8-16)12-9-11(5-2)13-10(3)14-12/h4,9,16H,1,5-8H2,2-3H3. The smallest absolute Gasteiger partial charge is 0.132 e. The zero-order valence-corrected chi connectivity index (χ0v) is 9.98. The normalized spacial score (nSPS) is 10.2. The molecule has 16 heavy (non-hydrogen) atoms. The number of aryl methyl sites for hydroxylation is 2. The highest BCUT2D eigenvalue weighted by atomic mass is 16.3. The topological polar surface area (TPSA) is 49.2 Å². The van der Waals surface area contributed by atoms with Gasteiger partial charge in [0.2, 0.25) is 0 Å². The molecule has 0 radical (unpaired) electrons. The summed E-state index contributed by atoms with van der Waals surface area (Å²) >= 11 is 0. The molecule has 0 aromatic carbocycles. The minimum atomic E-state index is 0.109. The number of aliphatic hydroxyl groups is 1. The molecule has 0 fully saturated rings. The van der Waals surface area contributed by atoms with E-state index < -0.39 is 0 Å². The lowest BCUT2D eigenvalue weighted by Gasteiger charge is -2.21. The van der Waals surface area contributed by atoms with Gasteiger partial charge >= 0.3 is 0 Å². The number of rotatable bonds is 6. The van der Waals surface area contributed by atoms with Crippen molar-refractivity contribution >= 4 is 5.82 Å². The Morgan fingerprint density at radius 3 is 2.81 bits per heavy atom. The molecule has 88 valence electrons. The Labute approximate surface area is 96.7 Å². The summed E-state index contributed by atoms with van der Waals surface area (Å²) in [6.45, 7) is 9.01. The molecule has 0 saturated heterocycles. The van der Waals surface area contributed by atoms with Crippen LogP contribution in [0.15, 0.2) is 18.7 Å². The monoisotopic (exact) mass is 221 g/mol. The van der Waals surface area contributed by atoms with E-state index >= 15 is 0 Å². The van der Waals surface area contributed by atoms with Crippen molar-refractivity contribution in [2.24, 2.45) is 0 Å². The third kappa shape index (κ3) is 3.31. The van der Waals surface area contributed by atoms with Gasteiger partial charge in [-0.2, -0.15) is 0 Å². The van der Waals surface area contributed by atoms with Crippen LogP contribution >= 0.6 is 0 Å². The van der Waals surface area contributed by atoms with Crippen molar-refractivity contribution in [1.82, 2.24) is 9.97 Å². The lowest BCUT2D eigenvalue weighted by molar-refractivity contribution is 0.302. The van der Waals surface area contributed by atoms with Gasteiger partial charge in [-0.25, -0.2) is 9.97 Å². The zero-order chi connectivity index (χ0) is 12.0. The molecule has 0 aliphatic carbocycles. The summed E-state index contributed by atoms with van der Waals surface area (Å²) in [5.41, 5.74) is 1.02. The van der Waals surface area contributed by atoms with Crippen molar-refractivity contribution in [2.45, 2.75) is 20.3 Å². The van der Waals surface area contributed by atoms with Crippen molar-refractivity contribution in [3.05, 3.63) is 30.2 Å². The molecule has 0 saturated carbocycles. The minimum Gasteiger partial charge on any atom is -0.395 e. The van der Waals surface area contributed by atoms with Crippen LogP contribution < -0.4 is 4.90 Å². The van der Waals surface area contributed by atoms with Crippen LogP contribution in [-0.2, 0) is 6.42 Å². The molecule has 4 nitrogen and oxygen atoms in total. The molecule has 1 rings (SSSR count). The quantitative estimate of drug-likeness (QED) is 0.736. The Hall–Kier alpha value is -1.42. The number of hydrogen-bond donors (Lipinski definition) is 1. The van der Waals surface area contributed by atoms with E-state index in [9.17, 15) is 0 Å². The summed E-state index contributed by atoms with van der Waals surface area (Å²) in [5, 5.41) is 9.00. The number of aliphatic hydroxyl groups excluding tert-OH is 1. The molecule has 1 N–H and O–H groups in total. The summed E-state index contributed by atoms with van der Waals surface area (Å²) in [4.78, 5) is 10.7. The summed E-state index contributed by atoms with van der Waals surface area (Å²) in [7, 11) is 0. The Bertz CT molecular complexity index is 352. The van der Waals surface area contributed by atoms with E-state index in [0.717, 1.165) is 23.8 Å². The number of nitrogens with zero attached hydrogens (tertiary/aromatic N) is 3. The summed E-state index contributed by atoms with van der Waals surface area (Å²) in [6, 6.07) is 1.96. The second kappa shape index (κ2) is 6.23. The fraction of sp³-hybridized carbons (Fsp3) is 0.500. The predicted molar refractivity (Wildman–Crippen MR) is 65.6 cm³/mol. The summed E-state index contributed by atoms with van der Waals surface area (Å²) < 4.78 is 0. The maximum atomic E-state index is 9.00. The molecular formula is C12H19N3O. The Kier molecular flexibility index (Phi) is 4.92. The molecule has 1 aromatic rings. The second-order valence-electron chi connectivity index (χ2n) is 3.58. The fourth-order valence-electron chi connectivity index (χ4n) is 1.53. The van der Waals surface area contributed by atoms with Crippen LogP contribution in [-0.4, -0.2) is 34.8 Å². The molecule has 0 unspecified atom stereocenters. The lowest BCUT2D eigenvalue weighted by Crippen LogP contribution is -2.28. The van der Waals surface area contributed by atoms with Crippen LogP contribution in [0.1, 0.15) is 18.4 Å². The first kappa shape index (κ1) is 12.6. The Balaban J connectivity index is 2.97. The van der Waals surface area contributed by atoms with Crippen molar-refractivity contribution < 1.29 is 5.11 Å². The van der Waals surface area contributed by atoms with E-state index in [1.165, 1.54) is 0 Å². The molecule has 4 heteroatoms. The summed E-state index contributed by atoms with van der Waals surface area (Å²) in [6.07, 6.45) is 2.69. The van der Waals surface area contributed by atoms with Crippen LogP contribution in [0.2, 0.25) is 0 Å². The number of anilines is 1. The van der Waals surface area contributed by atoms with Crippen LogP contribution in [0.4, 0.5) is 5.82 Å². The largest absolute Gasteiger partial charge is 0.395 e. The summed E-state index contributed by atoms with van der Waals surface area (Å²) in [5.74, 6) is 1.62. The molecule has 0 bridgehead atoms. The van der Waals surface area contributed by atoms with Crippen molar-refractivity contribution in [3.8, 4) is 0 Å². The van der Waals surface area contributed by atoms with Crippen LogP contribution in [0.3, 0.4) is 0 Å². The van der Waals surface area contributed by atoms with E-state index in [2.05, 4.69) is 23.5 Å². The van der Waals surface area contributed by atoms with Gasteiger partial charge in [-0.1, -0.05) is 13.0 Å². The van der Waals surface area contributed by atoms with Crippen molar-refractivity contribution in [3.63, 3.8) is 0 Å². The molecule has 0 aliphatic heterocycles. The molecule has 1 aromatic heterocycles. The second-order valence-corrected chi connectivity index (χ2v) is 3.58. The van der Waals surface area contributed by atoms with Gasteiger partial charge in [-0.3, -0.25) is 0 Å². The van der Waals surface area contributed by atoms with Crippen molar-refractivity contribution in [1.29, 1.82) is 0 Å². The first-order valence-corrected chi connectivity index (χ1v) is 5.52. The maximum absolute atomic E-state index is 9.00. The van der Waals surface area contributed by atoms with Gasteiger partial charge in [-0.05, 0) is 13.3 Å². The fourth-order valence-corrected chi connectivity index (χ4v) is 1.53. The zero-order valence-electron chi connectivity index (χ0n) is 9.98. The molecular weight excluding hydrogens is 202 g/mol. The van der Waals surface area contributed by atoms with Crippen molar-refractivity contribution in [2.75, 3.05) is 24.6 Å². The maximum Gasteiger partial charge on any atom is 0.132 e. The molecule has 0 spiro atoms. The average Bonchev–Trinajstić information content (AvgIpc) is 2.28. The molecule has 0 aliphatic rings. The van der Waals surface area contributed by atoms with Gasteiger partial charge in [0.05, 0.1) is 6.61 Å². The van der Waals surface area contributed by atoms with Crippen LogP contribution in [0.5, 0.6) is 0 Å². The van der Waals surface area contributed by atoms with Gasteiger partial charge in [0.25, 0.3) is 0 Å². The van der Waals surface area contributed by atoms with E-state index in [1.807, 2.05) is 17.9 Å². The third-order valence-corrected chi connectivity index (χ3v) is 2.28. The lowest BCUT2D eigenvalue weighted by atomic mass is 10.3. The molecule has 1 heterocycles. The first-order chi connectivity index (χ1) is 7.71.